The molecule has 6 heteroatoms. The molecule has 0 spiro atoms. The van der Waals surface area contributed by atoms with Gasteiger partial charge in [0.15, 0.2) is 0 Å². The van der Waals surface area contributed by atoms with Crippen LogP contribution in [-0.4, -0.2) is 54.8 Å². The number of hydrogen-bond acceptors (Lipinski definition) is 3. The highest BCUT2D eigenvalue weighted by atomic mass is 35.5. The Morgan fingerprint density at radius 1 is 1.06 bits per heavy atom. The summed E-state index contributed by atoms with van der Waals surface area (Å²) in [6.45, 7) is 9.24. The maximum atomic E-state index is 13.1. The Morgan fingerprint density at radius 2 is 1.81 bits per heavy atom. The van der Waals surface area contributed by atoms with Gasteiger partial charge in [-0.05, 0) is 68.3 Å². The number of carbonyl (C=O) groups is 1. The number of rotatable bonds is 7. The minimum absolute atomic E-state index is 0.0360. The SMILES string of the molecule is Cc1cccc(-n2c(-c3ccc(Cl)cc3)cc(C(=O)NCCCN3CCOCC3)c2C)c1. The van der Waals surface area contributed by atoms with E-state index in [-0.39, 0.29) is 5.91 Å². The van der Waals surface area contributed by atoms with Crippen LogP contribution in [0.2, 0.25) is 5.02 Å². The van der Waals surface area contributed by atoms with Crippen LogP contribution in [-0.2, 0) is 4.74 Å². The van der Waals surface area contributed by atoms with Gasteiger partial charge in [-0.1, -0.05) is 35.9 Å². The summed E-state index contributed by atoms with van der Waals surface area (Å²) in [5, 5.41) is 3.80. The van der Waals surface area contributed by atoms with Crippen LogP contribution in [0.15, 0.2) is 54.6 Å². The molecule has 2 aromatic carbocycles. The number of ether oxygens (including phenoxy) is 1. The zero-order chi connectivity index (χ0) is 22.5. The van der Waals surface area contributed by atoms with Crippen molar-refractivity contribution in [2.24, 2.45) is 0 Å². The fraction of sp³-hybridized carbons (Fsp3) is 0.346. The predicted molar refractivity (Wildman–Crippen MR) is 130 cm³/mol. The van der Waals surface area contributed by atoms with E-state index >= 15 is 0 Å². The molecule has 4 rings (SSSR count). The van der Waals surface area contributed by atoms with Gasteiger partial charge < -0.3 is 14.6 Å². The first-order valence-electron chi connectivity index (χ1n) is 11.2. The molecule has 1 fully saturated rings. The average molecular weight is 452 g/mol. The zero-order valence-corrected chi connectivity index (χ0v) is 19.5. The molecular formula is C26H30ClN3O2. The minimum atomic E-state index is -0.0360. The first-order chi connectivity index (χ1) is 15.5. The highest BCUT2D eigenvalue weighted by Crippen LogP contribution is 2.30. The van der Waals surface area contributed by atoms with Crippen molar-refractivity contribution in [3.05, 3.63) is 76.4 Å². The molecule has 32 heavy (non-hydrogen) atoms. The summed E-state index contributed by atoms with van der Waals surface area (Å²) in [6, 6.07) is 18.1. The Hall–Kier alpha value is -2.60. The molecule has 1 aromatic heterocycles. The van der Waals surface area contributed by atoms with Crippen LogP contribution in [0.1, 0.15) is 28.0 Å². The van der Waals surface area contributed by atoms with Gasteiger partial charge in [0.1, 0.15) is 0 Å². The summed E-state index contributed by atoms with van der Waals surface area (Å²) >= 11 is 6.11. The van der Waals surface area contributed by atoms with Crippen molar-refractivity contribution in [1.29, 1.82) is 0 Å². The number of morpholine rings is 1. The van der Waals surface area contributed by atoms with Crippen LogP contribution < -0.4 is 5.32 Å². The normalized spacial score (nSPS) is 14.5. The second-order valence-corrected chi connectivity index (χ2v) is 8.71. The van der Waals surface area contributed by atoms with Gasteiger partial charge in [0.2, 0.25) is 0 Å². The largest absolute Gasteiger partial charge is 0.379 e. The molecule has 0 aliphatic carbocycles. The molecule has 1 N–H and O–H groups in total. The highest BCUT2D eigenvalue weighted by Gasteiger charge is 2.20. The van der Waals surface area contributed by atoms with Crippen LogP contribution >= 0.6 is 11.6 Å². The number of carbonyl (C=O) groups excluding carboxylic acids is 1. The van der Waals surface area contributed by atoms with E-state index in [1.54, 1.807) is 0 Å². The van der Waals surface area contributed by atoms with Crippen molar-refractivity contribution in [1.82, 2.24) is 14.8 Å². The van der Waals surface area contributed by atoms with Gasteiger partial charge in [-0.15, -0.1) is 0 Å². The summed E-state index contributed by atoms with van der Waals surface area (Å²) in [5.41, 5.74) is 5.83. The third-order valence-electron chi connectivity index (χ3n) is 5.93. The monoisotopic (exact) mass is 451 g/mol. The van der Waals surface area contributed by atoms with Crippen LogP contribution in [0.3, 0.4) is 0 Å². The quantitative estimate of drug-likeness (QED) is 0.521. The van der Waals surface area contributed by atoms with E-state index in [1.165, 1.54) is 5.56 Å². The standard InChI is InChI=1S/C26H30ClN3O2/c1-19-5-3-6-23(17-19)30-20(2)24(18-25(30)21-7-9-22(27)10-8-21)26(31)28-11-4-12-29-13-15-32-16-14-29/h3,5-10,17-18H,4,11-16H2,1-2H3,(H,28,31). The van der Waals surface area contributed by atoms with E-state index in [1.807, 2.05) is 43.3 Å². The van der Waals surface area contributed by atoms with Gasteiger partial charge in [0.05, 0.1) is 24.5 Å². The molecule has 1 amide bonds. The summed E-state index contributed by atoms with van der Waals surface area (Å²) in [4.78, 5) is 15.5. The smallest absolute Gasteiger partial charge is 0.253 e. The molecule has 0 bridgehead atoms. The first kappa shape index (κ1) is 22.6. The summed E-state index contributed by atoms with van der Waals surface area (Å²) in [5.74, 6) is -0.0360. The van der Waals surface area contributed by atoms with Crippen molar-refractivity contribution >= 4 is 17.5 Å². The Kier molecular flexibility index (Phi) is 7.30. The van der Waals surface area contributed by atoms with E-state index in [2.05, 4.69) is 39.9 Å². The van der Waals surface area contributed by atoms with Gasteiger partial charge in [-0.3, -0.25) is 9.69 Å². The van der Waals surface area contributed by atoms with Gasteiger partial charge in [0, 0.05) is 36.0 Å². The number of aromatic nitrogens is 1. The third kappa shape index (κ3) is 5.23. The van der Waals surface area contributed by atoms with Crippen molar-refractivity contribution in [3.63, 3.8) is 0 Å². The molecule has 0 atom stereocenters. The maximum Gasteiger partial charge on any atom is 0.253 e. The second kappa shape index (κ2) is 10.3. The molecule has 0 radical (unpaired) electrons. The van der Waals surface area contributed by atoms with Gasteiger partial charge in [-0.25, -0.2) is 0 Å². The Balaban J connectivity index is 1.56. The molecule has 0 unspecified atom stereocenters. The number of nitrogens with one attached hydrogen (secondary N) is 1. The molecule has 1 aliphatic rings. The van der Waals surface area contributed by atoms with Crippen molar-refractivity contribution in [2.45, 2.75) is 20.3 Å². The lowest BCUT2D eigenvalue weighted by Gasteiger charge is -2.26. The highest BCUT2D eigenvalue weighted by molar-refractivity contribution is 6.30. The molecule has 2 heterocycles. The second-order valence-electron chi connectivity index (χ2n) is 8.27. The van der Waals surface area contributed by atoms with Gasteiger partial charge >= 0.3 is 0 Å². The van der Waals surface area contributed by atoms with Crippen molar-refractivity contribution < 1.29 is 9.53 Å². The fourth-order valence-electron chi connectivity index (χ4n) is 4.19. The molecule has 5 nitrogen and oxygen atoms in total. The summed E-state index contributed by atoms with van der Waals surface area (Å²) in [6.07, 6.45) is 0.924. The van der Waals surface area contributed by atoms with E-state index in [4.69, 9.17) is 16.3 Å². The predicted octanol–water partition coefficient (Wildman–Crippen LogP) is 4.87. The van der Waals surface area contributed by atoms with E-state index in [9.17, 15) is 4.79 Å². The summed E-state index contributed by atoms with van der Waals surface area (Å²) < 4.78 is 7.55. The Labute approximate surface area is 194 Å². The number of hydrogen-bond donors (Lipinski definition) is 1. The van der Waals surface area contributed by atoms with Crippen LogP contribution in [0.4, 0.5) is 0 Å². The van der Waals surface area contributed by atoms with E-state index < -0.39 is 0 Å². The lowest BCUT2D eigenvalue weighted by Crippen LogP contribution is -2.38. The van der Waals surface area contributed by atoms with Crippen molar-refractivity contribution in [2.75, 3.05) is 39.4 Å². The maximum absolute atomic E-state index is 13.1. The first-order valence-corrected chi connectivity index (χ1v) is 11.5. The minimum Gasteiger partial charge on any atom is -0.379 e. The number of nitrogens with zero attached hydrogens (tertiary/aromatic N) is 2. The average Bonchev–Trinajstić information content (AvgIpc) is 3.15. The van der Waals surface area contributed by atoms with Crippen LogP contribution in [0, 0.1) is 13.8 Å². The number of halogens is 1. The Morgan fingerprint density at radius 3 is 2.53 bits per heavy atom. The Bertz CT molecular complexity index is 1070. The van der Waals surface area contributed by atoms with Gasteiger partial charge in [-0.2, -0.15) is 0 Å². The zero-order valence-electron chi connectivity index (χ0n) is 18.7. The van der Waals surface area contributed by atoms with Crippen LogP contribution in [0.25, 0.3) is 16.9 Å². The molecule has 168 valence electrons. The number of amides is 1. The molecule has 1 saturated heterocycles. The summed E-state index contributed by atoms with van der Waals surface area (Å²) in [7, 11) is 0. The molecular weight excluding hydrogens is 422 g/mol. The number of benzene rings is 2. The molecule has 3 aromatic rings. The van der Waals surface area contributed by atoms with E-state index in [0.29, 0.717) is 17.1 Å². The topological polar surface area (TPSA) is 46.5 Å². The van der Waals surface area contributed by atoms with Crippen LogP contribution in [0.5, 0.6) is 0 Å². The van der Waals surface area contributed by atoms with E-state index in [0.717, 1.165) is 61.9 Å². The van der Waals surface area contributed by atoms with Gasteiger partial charge in [0.25, 0.3) is 5.91 Å². The lowest BCUT2D eigenvalue weighted by molar-refractivity contribution is 0.0374. The van der Waals surface area contributed by atoms with Crippen molar-refractivity contribution in [3.8, 4) is 16.9 Å². The number of aryl methyl sites for hydroxylation is 1. The molecule has 0 saturated carbocycles. The fourth-order valence-corrected chi connectivity index (χ4v) is 4.32. The lowest BCUT2D eigenvalue weighted by atomic mass is 10.1. The third-order valence-corrected chi connectivity index (χ3v) is 6.18. The molecule has 1 aliphatic heterocycles.